The number of aryl methyl sites for hydroxylation is 2. The van der Waals surface area contributed by atoms with E-state index < -0.39 is 0 Å². The lowest BCUT2D eigenvalue weighted by atomic mass is 10.00. The van der Waals surface area contributed by atoms with Gasteiger partial charge in [0.1, 0.15) is 0 Å². The van der Waals surface area contributed by atoms with Gasteiger partial charge in [-0.05, 0) is 24.5 Å². The van der Waals surface area contributed by atoms with Gasteiger partial charge in [-0.15, -0.1) is 0 Å². The molecule has 0 atom stereocenters. The molecule has 0 saturated carbocycles. The highest BCUT2D eigenvalue weighted by Crippen LogP contribution is 2.31. The monoisotopic (exact) mass is 211 g/mol. The second kappa shape index (κ2) is 3.63. The Morgan fingerprint density at radius 3 is 2.94 bits per heavy atom. The molecule has 0 radical (unpaired) electrons. The first-order valence-electron chi connectivity index (χ1n) is 5.63. The number of carbonyl (C=O) groups is 1. The fraction of sp³-hybridized carbons (Fsp3) is 0.214. The zero-order chi connectivity index (χ0) is 11.0. The molecule has 1 aliphatic heterocycles. The van der Waals surface area contributed by atoms with Crippen LogP contribution in [0.4, 0.5) is 0 Å². The molecule has 1 aromatic heterocycles. The van der Waals surface area contributed by atoms with Crippen LogP contribution in [0.3, 0.4) is 0 Å². The number of hydrogen-bond acceptors (Lipinski definition) is 1. The molecule has 1 aromatic carbocycles. The summed E-state index contributed by atoms with van der Waals surface area (Å²) in [5.74, 6) is 0. The fourth-order valence-corrected chi connectivity index (χ4v) is 2.49. The predicted molar refractivity (Wildman–Crippen MR) is 63.6 cm³/mol. The van der Waals surface area contributed by atoms with Gasteiger partial charge in [0.15, 0.2) is 6.29 Å². The number of nitrogens with zero attached hydrogens (tertiary/aromatic N) is 1. The van der Waals surface area contributed by atoms with Gasteiger partial charge < -0.3 is 4.57 Å². The second-order valence-electron chi connectivity index (χ2n) is 4.19. The molecule has 0 fully saturated rings. The molecule has 1 aliphatic rings. The molecule has 0 saturated heterocycles. The molecule has 16 heavy (non-hydrogen) atoms. The van der Waals surface area contributed by atoms with Crippen molar-refractivity contribution in [1.29, 1.82) is 0 Å². The van der Waals surface area contributed by atoms with Crippen molar-refractivity contribution in [2.24, 2.45) is 0 Å². The fourth-order valence-electron chi connectivity index (χ4n) is 2.49. The molecule has 0 unspecified atom stereocenters. The third-order valence-corrected chi connectivity index (χ3v) is 3.24. The minimum Gasteiger partial charge on any atom is -0.347 e. The Morgan fingerprint density at radius 2 is 2.06 bits per heavy atom. The smallest absolute Gasteiger partial charge is 0.152 e. The number of rotatable bonds is 1. The van der Waals surface area contributed by atoms with Crippen LogP contribution in [0.2, 0.25) is 0 Å². The number of aldehydes is 1. The Hall–Kier alpha value is -1.83. The van der Waals surface area contributed by atoms with Crippen molar-refractivity contribution in [2.75, 3.05) is 0 Å². The summed E-state index contributed by atoms with van der Waals surface area (Å²) in [6.07, 6.45) is 5.20. The SMILES string of the molecule is O=Cc1ccn2c1-c1ccccc1CCC2. The van der Waals surface area contributed by atoms with Crippen molar-refractivity contribution in [2.45, 2.75) is 19.4 Å². The standard InChI is InChI=1S/C14H13NO/c16-10-12-7-9-15-8-3-5-11-4-1-2-6-13(11)14(12)15/h1-2,4,6-7,9-10H,3,5,8H2. The summed E-state index contributed by atoms with van der Waals surface area (Å²) < 4.78 is 2.19. The van der Waals surface area contributed by atoms with E-state index in [0.717, 1.165) is 36.9 Å². The minimum absolute atomic E-state index is 0.800. The van der Waals surface area contributed by atoms with Crippen molar-refractivity contribution in [3.8, 4) is 11.3 Å². The molecule has 2 aromatic rings. The normalized spacial score (nSPS) is 13.8. The molecule has 2 nitrogen and oxygen atoms in total. The lowest BCUT2D eigenvalue weighted by Crippen LogP contribution is -1.97. The van der Waals surface area contributed by atoms with Crippen LogP contribution in [0.5, 0.6) is 0 Å². The van der Waals surface area contributed by atoms with Crippen LogP contribution < -0.4 is 0 Å². The first-order chi connectivity index (χ1) is 7.90. The molecule has 0 spiro atoms. The maximum atomic E-state index is 11.0. The van der Waals surface area contributed by atoms with E-state index in [0.29, 0.717) is 0 Å². The molecule has 0 amide bonds. The summed E-state index contributed by atoms with van der Waals surface area (Å²) in [4.78, 5) is 11.0. The van der Waals surface area contributed by atoms with E-state index >= 15 is 0 Å². The van der Waals surface area contributed by atoms with Gasteiger partial charge in [-0.1, -0.05) is 24.3 Å². The van der Waals surface area contributed by atoms with E-state index in [9.17, 15) is 4.79 Å². The van der Waals surface area contributed by atoms with E-state index in [1.165, 1.54) is 11.1 Å². The van der Waals surface area contributed by atoms with Crippen LogP contribution in [0.25, 0.3) is 11.3 Å². The lowest BCUT2D eigenvalue weighted by molar-refractivity contribution is 0.112. The summed E-state index contributed by atoms with van der Waals surface area (Å²) in [5.41, 5.74) is 4.45. The van der Waals surface area contributed by atoms with Crippen LogP contribution in [0, 0.1) is 0 Å². The van der Waals surface area contributed by atoms with Gasteiger partial charge in [-0.3, -0.25) is 4.79 Å². The predicted octanol–water partition coefficient (Wildman–Crippen LogP) is 2.91. The maximum absolute atomic E-state index is 11.0. The van der Waals surface area contributed by atoms with Gasteiger partial charge in [-0.2, -0.15) is 0 Å². The molecular formula is C14H13NO. The molecule has 2 heterocycles. The van der Waals surface area contributed by atoms with Crippen molar-refractivity contribution in [3.05, 3.63) is 47.7 Å². The first-order valence-corrected chi connectivity index (χ1v) is 5.63. The highest BCUT2D eigenvalue weighted by molar-refractivity contribution is 5.87. The summed E-state index contributed by atoms with van der Waals surface area (Å²) in [6, 6.07) is 10.3. The van der Waals surface area contributed by atoms with Crippen LogP contribution in [0.1, 0.15) is 22.3 Å². The van der Waals surface area contributed by atoms with Crippen molar-refractivity contribution >= 4 is 6.29 Å². The Bertz CT molecular complexity index is 539. The average molecular weight is 211 g/mol. The molecule has 2 heteroatoms. The van der Waals surface area contributed by atoms with Crippen molar-refractivity contribution in [3.63, 3.8) is 0 Å². The van der Waals surface area contributed by atoms with Gasteiger partial charge in [0.25, 0.3) is 0 Å². The Morgan fingerprint density at radius 1 is 1.19 bits per heavy atom. The number of benzene rings is 1. The third kappa shape index (κ3) is 1.30. The second-order valence-corrected chi connectivity index (χ2v) is 4.19. The highest BCUT2D eigenvalue weighted by atomic mass is 16.1. The number of fused-ring (bicyclic) bond motifs is 3. The Balaban J connectivity index is 2.30. The zero-order valence-electron chi connectivity index (χ0n) is 9.02. The molecule has 3 rings (SSSR count). The summed E-state index contributed by atoms with van der Waals surface area (Å²) in [5, 5.41) is 0. The van der Waals surface area contributed by atoms with Crippen LogP contribution >= 0.6 is 0 Å². The molecule has 0 bridgehead atoms. The van der Waals surface area contributed by atoms with Crippen LogP contribution in [-0.4, -0.2) is 10.9 Å². The summed E-state index contributed by atoms with van der Waals surface area (Å²) >= 11 is 0. The molecule has 80 valence electrons. The molecule has 0 aliphatic carbocycles. The van der Waals surface area contributed by atoms with Gasteiger partial charge in [0.2, 0.25) is 0 Å². The highest BCUT2D eigenvalue weighted by Gasteiger charge is 2.16. The van der Waals surface area contributed by atoms with Gasteiger partial charge in [0.05, 0.1) is 5.69 Å². The van der Waals surface area contributed by atoms with E-state index in [1.54, 1.807) is 0 Å². The molecule has 0 N–H and O–H groups in total. The van der Waals surface area contributed by atoms with E-state index in [-0.39, 0.29) is 0 Å². The van der Waals surface area contributed by atoms with Crippen molar-refractivity contribution < 1.29 is 4.79 Å². The minimum atomic E-state index is 0.800. The zero-order valence-corrected chi connectivity index (χ0v) is 9.02. The topological polar surface area (TPSA) is 22.0 Å². The molecular weight excluding hydrogens is 198 g/mol. The number of hydrogen-bond donors (Lipinski definition) is 0. The number of carbonyl (C=O) groups excluding carboxylic acids is 1. The Kier molecular flexibility index (Phi) is 2.13. The summed E-state index contributed by atoms with van der Waals surface area (Å²) in [6.45, 7) is 0.998. The number of aromatic nitrogens is 1. The Labute approximate surface area is 94.5 Å². The van der Waals surface area contributed by atoms with Crippen LogP contribution in [0.15, 0.2) is 36.5 Å². The van der Waals surface area contributed by atoms with Gasteiger partial charge in [-0.25, -0.2) is 0 Å². The lowest BCUT2D eigenvalue weighted by Gasteiger charge is -2.07. The van der Waals surface area contributed by atoms with Crippen LogP contribution in [-0.2, 0) is 13.0 Å². The average Bonchev–Trinajstić information content (AvgIpc) is 2.64. The van der Waals surface area contributed by atoms with Gasteiger partial charge >= 0.3 is 0 Å². The van der Waals surface area contributed by atoms with E-state index in [2.05, 4.69) is 22.8 Å². The maximum Gasteiger partial charge on any atom is 0.152 e. The van der Waals surface area contributed by atoms with Crippen molar-refractivity contribution in [1.82, 2.24) is 4.57 Å². The third-order valence-electron chi connectivity index (χ3n) is 3.24. The summed E-state index contributed by atoms with van der Waals surface area (Å²) in [7, 11) is 0. The van der Waals surface area contributed by atoms with Gasteiger partial charge in [0, 0.05) is 23.9 Å². The van der Waals surface area contributed by atoms with E-state index in [1.807, 2.05) is 18.3 Å². The first kappa shape index (κ1) is 9.40. The quantitative estimate of drug-likeness (QED) is 0.665. The van der Waals surface area contributed by atoms with E-state index in [4.69, 9.17) is 0 Å². The largest absolute Gasteiger partial charge is 0.347 e.